The second-order valence-electron chi connectivity index (χ2n) is 7.67. The summed E-state index contributed by atoms with van der Waals surface area (Å²) in [5.41, 5.74) is 2.15. The molecule has 2 aromatic carbocycles. The van der Waals surface area contributed by atoms with E-state index in [1.54, 1.807) is 41.0 Å². The van der Waals surface area contributed by atoms with E-state index in [9.17, 15) is 19.2 Å². The van der Waals surface area contributed by atoms with Crippen LogP contribution in [0.5, 0.6) is 5.75 Å². The van der Waals surface area contributed by atoms with E-state index in [1.807, 2.05) is 13.0 Å². The third-order valence-corrected chi connectivity index (χ3v) is 6.33. The molecule has 0 N–H and O–H groups in total. The number of aromatic nitrogens is 1. The van der Waals surface area contributed by atoms with Crippen molar-refractivity contribution in [3.63, 3.8) is 0 Å². The first kappa shape index (κ1) is 25.2. The van der Waals surface area contributed by atoms with Gasteiger partial charge in [0.25, 0.3) is 0 Å². The zero-order valence-corrected chi connectivity index (χ0v) is 20.2. The molecule has 1 heterocycles. The standard InChI is InChI=1S/C25H27NO7S/c1-4-5-21(27)17-8-11-20-22(15-17)34-25(30)26(20)12-13-33-18-9-6-16(7-10-18)14-19(23(28)31-2)24(29)32-3/h6-11,15,19H,4-5,12-14H2,1-3H3. The number of hydrogen-bond donors (Lipinski definition) is 0. The van der Waals surface area contributed by atoms with E-state index in [-0.39, 0.29) is 23.7 Å². The van der Waals surface area contributed by atoms with Crippen molar-refractivity contribution in [3.05, 3.63) is 63.3 Å². The van der Waals surface area contributed by atoms with E-state index in [2.05, 4.69) is 9.47 Å². The number of nitrogens with zero attached hydrogens (tertiary/aromatic N) is 1. The quantitative estimate of drug-likeness (QED) is 0.232. The number of fused-ring (bicyclic) bond motifs is 1. The van der Waals surface area contributed by atoms with Crippen molar-refractivity contribution >= 4 is 39.3 Å². The number of Topliss-reactive ketones (excluding diaryl/α,β-unsaturated/α-hetero) is 1. The molecule has 0 saturated carbocycles. The fourth-order valence-corrected chi connectivity index (χ4v) is 4.54. The Morgan fingerprint density at radius 1 is 1.00 bits per heavy atom. The molecule has 8 nitrogen and oxygen atoms in total. The zero-order valence-electron chi connectivity index (χ0n) is 19.4. The highest BCUT2D eigenvalue weighted by Gasteiger charge is 2.28. The van der Waals surface area contributed by atoms with E-state index >= 15 is 0 Å². The molecule has 0 aliphatic rings. The fraction of sp³-hybridized carbons (Fsp3) is 0.360. The molecule has 0 aliphatic carbocycles. The molecule has 0 fully saturated rings. The Kier molecular flexibility index (Phi) is 8.59. The lowest BCUT2D eigenvalue weighted by Gasteiger charge is -2.13. The minimum atomic E-state index is -1.03. The van der Waals surface area contributed by atoms with Gasteiger partial charge in [-0.3, -0.25) is 23.7 Å². The minimum absolute atomic E-state index is 0.0769. The van der Waals surface area contributed by atoms with Crippen molar-refractivity contribution in [1.82, 2.24) is 4.57 Å². The minimum Gasteiger partial charge on any atom is -0.492 e. The zero-order chi connectivity index (χ0) is 24.7. The van der Waals surface area contributed by atoms with Crippen molar-refractivity contribution < 1.29 is 28.6 Å². The van der Waals surface area contributed by atoms with Gasteiger partial charge >= 0.3 is 16.8 Å². The average molecular weight is 486 g/mol. The summed E-state index contributed by atoms with van der Waals surface area (Å²) >= 11 is 1.11. The van der Waals surface area contributed by atoms with E-state index in [0.29, 0.717) is 24.3 Å². The number of carbonyl (C=O) groups excluding carboxylic acids is 3. The molecular weight excluding hydrogens is 458 g/mol. The Hall–Kier alpha value is -3.46. The van der Waals surface area contributed by atoms with Gasteiger partial charge in [0.05, 0.1) is 31.0 Å². The van der Waals surface area contributed by atoms with Gasteiger partial charge in [-0.1, -0.05) is 30.4 Å². The molecule has 1 aromatic heterocycles. The normalized spacial score (nSPS) is 10.9. The first-order valence-corrected chi connectivity index (χ1v) is 11.7. The van der Waals surface area contributed by atoms with Crippen LogP contribution in [0.4, 0.5) is 0 Å². The second kappa shape index (κ2) is 11.6. The molecule has 0 amide bonds. The van der Waals surface area contributed by atoms with Gasteiger partial charge in [0, 0.05) is 12.0 Å². The number of thiazole rings is 1. The number of ketones is 1. The van der Waals surface area contributed by atoms with E-state index in [1.165, 1.54) is 14.2 Å². The summed E-state index contributed by atoms with van der Waals surface area (Å²) in [7, 11) is 2.45. The SMILES string of the molecule is CCCC(=O)c1ccc2c(c1)sc(=O)n2CCOc1ccc(CC(C(=O)OC)C(=O)OC)cc1. The molecule has 0 spiro atoms. The average Bonchev–Trinajstić information content (AvgIpc) is 3.16. The van der Waals surface area contributed by atoms with Gasteiger partial charge in [-0.2, -0.15) is 0 Å². The van der Waals surface area contributed by atoms with E-state index in [4.69, 9.17) is 4.74 Å². The van der Waals surface area contributed by atoms with Crippen LogP contribution < -0.4 is 9.61 Å². The van der Waals surface area contributed by atoms with Crippen molar-refractivity contribution in [2.75, 3.05) is 20.8 Å². The fourth-order valence-electron chi connectivity index (χ4n) is 3.58. The maximum absolute atomic E-state index is 12.5. The number of hydrogen-bond acceptors (Lipinski definition) is 8. The number of benzene rings is 2. The lowest BCUT2D eigenvalue weighted by atomic mass is 9.99. The third kappa shape index (κ3) is 5.91. The monoisotopic (exact) mass is 485 g/mol. The number of rotatable bonds is 11. The van der Waals surface area contributed by atoms with Crippen LogP contribution in [0.3, 0.4) is 0 Å². The highest BCUT2D eigenvalue weighted by molar-refractivity contribution is 7.16. The van der Waals surface area contributed by atoms with Crippen molar-refractivity contribution in [1.29, 1.82) is 0 Å². The molecule has 0 radical (unpaired) electrons. The first-order valence-electron chi connectivity index (χ1n) is 10.9. The van der Waals surface area contributed by atoms with Crippen LogP contribution in [0, 0.1) is 5.92 Å². The molecule has 9 heteroatoms. The van der Waals surface area contributed by atoms with Gasteiger partial charge in [0.1, 0.15) is 12.4 Å². The van der Waals surface area contributed by atoms with Crippen LogP contribution in [0.25, 0.3) is 10.2 Å². The predicted molar refractivity (Wildman–Crippen MR) is 128 cm³/mol. The Morgan fingerprint density at radius 2 is 1.68 bits per heavy atom. The topological polar surface area (TPSA) is 101 Å². The van der Waals surface area contributed by atoms with Crippen LogP contribution in [0.15, 0.2) is 47.3 Å². The third-order valence-electron chi connectivity index (χ3n) is 5.39. The van der Waals surface area contributed by atoms with E-state index in [0.717, 1.165) is 33.5 Å². The van der Waals surface area contributed by atoms with Crippen LogP contribution >= 0.6 is 11.3 Å². The predicted octanol–water partition coefficient (Wildman–Crippen LogP) is 3.63. The van der Waals surface area contributed by atoms with Gasteiger partial charge in [-0.25, -0.2) is 0 Å². The Labute approximate surface area is 201 Å². The molecule has 3 rings (SSSR count). The first-order chi connectivity index (χ1) is 16.4. The van der Waals surface area contributed by atoms with Gasteiger partial charge in [-0.05, 0) is 48.7 Å². The summed E-state index contributed by atoms with van der Waals surface area (Å²) in [5.74, 6) is -1.66. The summed E-state index contributed by atoms with van der Waals surface area (Å²) in [6, 6.07) is 12.3. The number of esters is 2. The maximum atomic E-state index is 12.5. The molecule has 0 atom stereocenters. The van der Waals surface area contributed by atoms with Crippen molar-refractivity contribution in [2.45, 2.75) is 32.7 Å². The highest BCUT2D eigenvalue weighted by Crippen LogP contribution is 2.21. The molecule has 0 aliphatic heterocycles. The van der Waals surface area contributed by atoms with Crippen molar-refractivity contribution in [3.8, 4) is 5.75 Å². The van der Waals surface area contributed by atoms with Gasteiger partial charge in [0.15, 0.2) is 11.7 Å². The molecule has 0 bridgehead atoms. The lowest BCUT2D eigenvalue weighted by molar-refractivity contribution is -0.158. The van der Waals surface area contributed by atoms with Crippen molar-refractivity contribution in [2.24, 2.45) is 5.92 Å². The smallest absolute Gasteiger partial charge is 0.320 e. The summed E-state index contributed by atoms with van der Waals surface area (Å²) in [6.45, 7) is 2.59. The molecule has 0 saturated heterocycles. The van der Waals surface area contributed by atoms with E-state index < -0.39 is 17.9 Å². The van der Waals surface area contributed by atoms with Crippen LogP contribution in [-0.2, 0) is 32.0 Å². The summed E-state index contributed by atoms with van der Waals surface area (Å²) < 4.78 is 17.6. The number of carbonyl (C=O) groups is 3. The maximum Gasteiger partial charge on any atom is 0.320 e. The molecule has 3 aromatic rings. The second-order valence-corrected chi connectivity index (χ2v) is 8.66. The number of ether oxygens (including phenoxy) is 3. The molecular formula is C25H27NO7S. The Balaban J connectivity index is 1.62. The van der Waals surface area contributed by atoms with Gasteiger partial charge in [0.2, 0.25) is 0 Å². The molecule has 180 valence electrons. The molecule has 0 unspecified atom stereocenters. The van der Waals surface area contributed by atoms with Crippen LogP contribution in [0.2, 0.25) is 0 Å². The van der Waals surface area contributed by atoms with Crippen LogP contribution in [-0.4, -0.2) is 43.1 Å². The Bertz CT molecular complexity index is 1210. The van der Waals surface area contributed by atoms with Gasteiger partial charge < -0.3 is 14.2 Å². The molecule has 34 heavy (non-hydrogen) atoms. The Morgan fingerprint density at radius 3 is 2.29 bits per heavy atom. The largest absolute Gasteiger partial charge is 0.492 e. The number of methoxy groups -OCH3 is 2. The summed E-state index contributed by atoms with van der Waals surface area (Å²) in [5, 5.41) is 0. The lowest BCUT2D eigenvalue weighted by Crippen LogP contribution is -2.28. The summed E-state index contributed by atoms with van der Waals surface area (Å²) in [6.07, 6.45) is 1.42. The highest BCUT2D eigenvalue weighted by atomic mass is 32.1. The summed E-state index contributed by atoms with van der Waals surface area (Å²) in [4.78, 5) is 48.2. The van der Waals surface area contributed by atoms with Gasteiger partial charge in [-0.15, -0.1) is 0 Å². The van der Waals surface area contributed by atoms with Crippen LogP contribution in [0.1, 0.15) is 35.7 Å².